The van der Waals surface area contributed by atoms with Crippen LogP contribution in [0.3, 0.4) is 0 Å². The highest BCUT2D eigenvalue weighted by Crippen LogP contribution is 2.42. The lowest BCUT2D eigenvalue weighted by Crippen LogP contribution is -2.25. The van der Waals surface area contributed by atoms with E-state index in [1.165, 1.54) is 103 Å². The molecule has 0 unspecified atom stereocenters. The Labute approximate surface area is 164 Å². The SMILES string of the molecule is CCCCC1CCC(C#CC2CCC(C3CCC(CC)CC3)CC2)CC1. The van der Waals surface area contributed by atoms with Crippen molar-refractivity contribution in [3.8, 4) is 11.8 Å². The molecule has 0 amide bonds. The van der Waals surface area contributed by atoms with Crippen LogP contribution in [0.15, 0.2) is 0 Å². The summed E-state index contributed by atoms with van der Waals surface area (Å²) in [4.78, 5) is 0. The molecule has 3 saturated carbocycles. The normalized spacial score (nSPS) is 38.4. The zero-order valence-corrected chi connectivity index (χ0v) is 17.8. The van der Waals surface area contributed by atoms with Crippen molar-refractivity contribution in [3.05, 3.63) is 0 Å². The molecule has 0 aromatic carbocycles. The zero-order valence-electron chi connectivity index (χ0n) is 17.8. The maximum absolute atomic E-state index is 3.74. The summed E-state index contributed by atoms with van der Waals surface area (Å²) in [5, 5.41) is 0. The predicted octanol–water partition coefficient (Wildman–Crippen LogP) is 8.01. The van der Waals surface area contributed by atoms with E-state index < -0.39 is 0 Å². The van der Waals surface area contributed by atoms with Gasteiger partial charge in [0.15, 0.2) is 0 Å². The fourth-order valence-electron chi connectivity index (χ4n) is 6.13. The minimum atomic E-state index is 0.731. The number of rotatable bonds is 5. The second-order valence-corrected chi connectivity index (χ2v) is 9.95. The lowest BCUT2D eigenvalue weighted by atomic mass is 9.69. The molecule has 0 heteroatoms. The van der Waals surface area contributed by atoms with Crippen LogP contribution in [0, 0.1) is 47.3 Å². The molecule has 0 aromatic heterocycles. The Morgan fingerprint density at radius 3 is 1.54 bits per heavy atom. The predicted molar refractivity (Wildman–Crippen MR) is 114 cm³/mol. The Morgan fingerprint density at radius 2 is 1.04 bits per heavy atom. The molecule has 0 radical (unpaired) electrons. The molecule has 0 atom stereocenters. The largest absolute Gasteiger partial charge is 0.0996 e. The Balaban J connectivity index is 1.34. The fourth-order valence-corrected chi connectivity index (χ4v) is 6.13. The Morgan fingerprint density at radius 1 is 0.577 bits per heavy atom. The van der Waals surface area contributed by atoms with Crippen LogP contribution in [-0.2, 0) is 0 Å². The first kappa shape index (κ1) is 20.3. The maximum atomic E-state index is 3.74. The van der Waals surface area contributed by atoms with Crippen LogP contribution in [0.2, 0.25) is 0 Å². The van der Waals surface area contributed by atoms with Gasteiger partial charge in [-0.25, -0.2) is 0 Å². The van der Waals surface area contributed by atoms with Gasteiger partial charge in [-0.15, -0.1) is 0 Å². The number of hydrogen-bond acceptors (Lipinski definition) is 0. The van der Waals surface area contributed by atoms with Crippen LogP contribution in [0.1, 0.15) is 117 Å². The van der Waals surface area contributed by atoms with Gasteiger partial charge in [0.05, 0.1) is 0 Å². The third kappa shape index (κ3) is 6.04. The van der Waals surface area contributed by atoms with E-state index in [2.05, 4.69) is 25.7 Å². The summed E-state index contributed by atoms with van der Waals surface area (Å²) in [6.07, 6.45) is 23.2. The summed E-state index contributed by atoms with van der Waals surface area (Å²) in [6, 6.07) is 0. The highest BCUT2D eigenvalue weighted by molar-refractivity contribution is 5.09. The van der Waals surface area contributed by atoms with Gasteiger partial charge >= 0.3 is 0 Å². The van der Waals surface area contributed by atoms with E-state index in [0.29, 0.717) is 0 Å². The first-order valence-electron chi connectivity index (χ1n) is 12.3. The summed E-state index contributed by atoms with van der Waals surface area (Å²) in [5.74, 6) is 13.1. The van der Waals surface area contributed by atoms with Crippen LogP contribution in [0.25, 0.3) is 0 Å². The van der Waals surface area contributed by atoms with E-state index in [1.807, 2.05) is 0 Å². The molecule has 0 saturated heterocycles. The molecular weight excluding hydrogens is 312 g/mol. The molecule has 0 aliphatic heterocycles. The van der Waals surface area contributed by atoms with Crippen molar-refractivity contribution in [3.63, 3.8) is 0 Å². The van der Waals surface area contributed by atoms with Gasteiger partial charge in [-0.1, -0.05) is 64.2 Å². The fraction of sp³-hybridized carbons (Fsp3) is 0.923. The third-order valence-corrected chi connectivity index (χ3v) is 8.21. The maximum Gasteiger partial charge on any atom is 0.0203 e. The molecular formula is C26H44. The van der Waals surface area contributed by atoms with Crippen molar-refractivity contribution in [2.24, 2.45) is 35.5 Å². The average molecular weight is 357 g/mol. The molecule has 3 fully saturated rings. The molecule has 3 rings (SSSR count). The lowest BCUT2D eigenvalue weighted by Gasteiger charge is -2.37. The molecule has 3 aliphatic carbocycles. The standard InChI is InChI=1S/C26H44/c1-3-5-6-22-7-9-23(10-8-22)11-12-24-15-19-26(20-16-24)25-17-13-21(4-2)14-18-25/h21-26H,3-10,13-20H2,1-2H3. The third-order valence-electron chi connectivity index (χ3n) is 8.21. The zero-order chi connectivity index (χ0) is 18.2. The van der Waals surface area contributed by atoms with Gasteiger partial charge in [0, 0.05) is 11.8 Å². The van der Waals surface area contributed by atoms with E-state index in [0.717, 1.165) is 35.5 Å². The van der Waals surface area contributed by atoms with Crippen LogP contribution in [-0.4, -0.2) is 0 Å². The first-order chi connectivity index (χ1) is 12.8. The first-order valence-corrected chi connectivity index (χ1v) is 12.3. The summed E-state index contributed by atoms with van der Waals surface area (Å²) in [6.45, 7) is 4.70. The van der Waals surface area contributed by atoms with Crippen LogP contribution >= 0.6 is 0 Å². The summed E-state index contributed by atoms with van der Waals surface area (Å²) < 4.78 is 0. The molecule has 0 N–H and O–H groups in total. The molecule has 0 nitrogen and oxygen atoms in total. The van der Waals surface area contributed by atoms with Gasteiger partial charge in [0.1, 0.15) is 0 Å². The smallest absolute Gasteiger partial charge is 0.0203 e. The number of unbranched alkanes of at least 4 members (excludes halogenated alkanes) is 1. The van der Waals surface area contributed by atoms with Gasteiger partial charge in [0.2, 0.25) is 0 Å². The molecule has 0 bridgehead atoms. The van der Waals surface area contributed by atoms with Crippen molar-refractivity contribution in [2.75, 3.05) is 0 Å². The van der Waals surface area contributed by atoms with Crippen molar-refractivity contribution < 1.29 is 0 Å². The Hall–Kier alpha value is -0.440. The molecule has 148 valence electrons. The van der Waals surface area contributed by atoms with E-state index in [9.17, 15) is 0 Å². The second-order valence-electron chi connectivity index (χ2n) is 9.95. The van der Waals surface area contributed by atoms with Crippen molar-refractivity contribution in [1.82, 2.24) is 0 Å². The van der Waals surface area contributed by atoms with Crippen molar-refractivity contribution in [2.45, 2.75) is 117 Å². The summed E-state index contributed by atoms with van der Waals surface area (Å²) in [5.41, 5.74) is 0. The minimum absolute atomic E-state index is 0.731. The van der Waals surface area contributed by atoms with Gasteiger partial charge in [-0.05, 0) is 87.9 Å². The molecule has 0 heterocycles. The van der Waals surface area contributed by atoms with Crippen LogP contribution in [0.4, 0.5) is 0 Å². The van der Waals surface area contributed by atoms with Crippen molar-refractivity contribution >= 4 is 0 Å². The van der Waals surface area contributed by atoms with Gasteiger partial charge in [-0.3, -0.25) is 0 Å². The quantitative estimate of drug-likeness (QED) is 0.437. The highest BCUT2D eigenvalue weighted by atomic mass is 14.3. The van der Waals surface area contributed by atoms with Crippen molar-refractivity contribution in [1.29, 1.82) is 0 Å². The average Bonchev–Trinajstić information content (AvgIpc) is 2.72. The highest BCUT2D eigenvalue weighted by Gasteiger charge is 2.30. The van der Waals surface area contributed by atoms with E-state index in [-0.39, 0.29) is 0 Å². The monoisotopic (exact) mass is 356 g/mol. The van der Waals surface area contributed by atoms with E-state index >= 15 is 0 Å². The molecule has 26 heavy (non-hydrogen) atoms. The van der Waals surface area contributed by atoms with E-state index in [4.69, 9.17) is 0 Å². The molecule has 3 aliphatic rings. The Kier molecular flexibility index (Phi) is 8.42. The van der Waals surface area contributed by atoms with Gasteiger partial charge in [-0.2, -0.15) is 0 Å². The Bertz CT molecular complexity index is 428. The topological polar surface area (TPSA) is 0 Å². The summed E-state index contributed by atoms with van der Waals surface area (Å²) >= 11 is 0. The minimum Gasteiger partial charge on any atom is -0.0996 e. The van der Waals surface area contributed by atoms with Crippen LogP contribution < -0.4 is 0 Å². The lowest BCUT2D eigenvalue weighted by molar-refractivity contribution is 0.155. The molecule has 0 aromatic rings. The second kappa shape index (κ2) is 10.8. The van der Waals surface area contributed by atoms with Crippen LogP contribution in [0.5, 0.6) is 0 Å². The summed E-state index contributed by atoms with van der Waals surface area (Å²) in [7, 11) is 0. The van der Waals surface area contributed by atoms with E-state index in [1.54, 1.807) is 0 Å². The molecule has 0 spiro atoms. The van der Waals surface area contributed by atoms with Gasteiger partial charge < -0.3 is 0 Å². The van der Waals surface area contributed by atoms with Gasteiger partial charge in [0.25, 0.3) is 0 Å². The number of hydrogen-bond donors (Lipinski definition) is 0.